The predicted molar refractivity (Wildman–Crippen MR) is 263 cm³/mol. The van der Waals surface area contributed by atoms with Gasteiger partial charge in [-0.3, -0.25) is 9.36 Å². The summed E-state index contributed by atoms with van der Waals surface area (Å²) in [6.45, 7) is 5.31. The van der Waals surface area contributed by atoms with E-state index in [1.54, 1.807) is 0 Å². The number of hydrogen-bond donors (Lipinski definition) is 0. The Balaban J connectivity index is 4.17. The Kier molecular flexibility index (Phi) is 44.4. The Morgan fingerprint density at radius 2 is 0.935 bits per heavy atom. The zero-order chi connectivity index (χ0) is 45.5. The fraction of sp³-hybridized carbons (Fsp3) is 0.792. The van der Waals surface area contributed by atoms with Crippen molar-refractivity contribution in [1.82, 2.24) is 0 Å². The van der Waals surface area contributed by atoms with E-state index in [0.29, 0.717) is 24.1 Å². The normalized spacial score (nSPS) is 14.1. The Labute approximate surface area is 383 Å². The molecule has 0 saturated carbocycles. The summed E-state index contributed by atoms with van der Waals surface area (Å²) in [5.41, 5.74) is 0. The summed E-state index contributed by atoms with van der Waals surface area (Å²) in [6.07, 6.45) is 58.1. The van der Waals surface area contributed by atoms with Gasteiger partial charge in [-0.15, -0.1) is 0 Å². The van der Waals surface area contributed by atoms with Crippen LogP contribution in [0.15, 0.2) is 60.8 Å². The number of nitrogens with zero attached hydrogens (tertiary/aromatic N) is 1. The highest BCUT2D eigenvalue weighted by Gasteiger charge is 2.20. The van der Waals surface area contributed by atoms with Crippen LogP contribution in [0.4, 0.5) is 0 Å². The molecule has 0 aliphatic heterocycles. The van der Waals surface area contributed by atoms with Gasteiger partial charge in [0.2, 0.25) is 0 Å². The van der Waals surface area contributed by atoms with Crippen molar-refractivity contribution >= 4 is 13.8 Å². The number of carbonyl (C=O) groups excluding carboxylic acids is 1. The van der Waals surface area contributed by atoms with E-state index in [1.165, 1.54) is 116 Å². The summed E-state index contributed by atoms with van der Waals surface area (Å²) in [6, 6.07) is 0. The van der Waals surface area contributed by atoms with Crippen LogP contribution >= 0.6 is 7.82 Å². The average molecular weight is 892 g/mol. The van der Waals surface area contributed by atoms with E-state index in [0.717, 1.165) is 77.0 Å². The van der Waals surface area contributed by atoms with Crippen LogP contribution in [0.1, 0.15) is 213 Å². The number of ether oxygens (including phenoxy) is 2. The molecule has 0 amide bonds. The smallest absolute Gasteiger partial charge is 0.306 e. The molecule has 0 heterocycles. The SMILES string of the molecule is CC/C=C\C/C=C\C/C=C\C/C=C\C/C=C\CCCCCCCCCC(=O)OC(COCCCCCCCCCCCCCCCCCCC)COP(=O)([O-])OCC[N+](C)(C)C. The Hall–Kier alpha value is -1.80. The van der Waals surface area contributed by atoms with Gasteiger partial charge in [0.25, 0.3) is 7.82 Å². The summed E-state index contributed by atoms with van der Waals surface area (Å²) in [5.74, 6) is -0.344. The molecule has 0 radical (unpaired) electrons. The summed E-state index contributed by atoms with van der Waals surface area (Å²) in [7, 11) is 1.35. The maximum Gasteiger partial charge on any atom is 0.306 e. The van der Waals surface area contributed by atoms with Gasteiger partial charge < -0.3 is 27.9 Å². The molecule has 62 heavy (non-hydrogen) atoms. The van der Waals surface area contributed by atoms with Crippen LogP contribution in [0.5, 0.6) is 0 Å². The lowest BCUT2D eigenvalue weighted by Gasteiger charge is -2.28. The van der Waals surface area contributed by atoms with Crippen molar-refractivity contribution in [2.45, 2.75) is 219 Å². The minimum Gasteiger partial charge on any atom is -0.756 e. The van der Waals surface area contributed by atoms with E-state index >= 15 is 0 Å². The molecule has 0 aromatic rings. The zero-order valence-corrected chi connectivity index (χ0v) is 42.0. The quantitative estimate of drug-likeness (QED) is 0.0197. The number of phosphoric acid groups is 1. The van der Waals surface area contributed by atoms with Crippen LogP contribution in [0.2, 0.25) is 0 Å². The van der Waals surface area contributed by atoms with Gasteiger partial charge in [-0.2, -0.15) is 0 Å². The lowest BCUT2D eigenvalue weighted by molar-refractivity contribution is -0.870. The Morgan fingerprint density at radius 1 is 0.516 bits per heavy atom. The highest BCUT2D eigenvalue weighted by molar-refractivity contribution is 7.45. The van der Waals surface area contributed by atoms with Gasteiger partial charge in [-0.1, -0.05) is 209 Å². The maximum atomic E-state index is 12.7. The van der Waals surface area contributed by atoms with E-state index in [9.17, 15) is 14.3 Å². The highest BCUT2D eigenvalue weighted by Crippen LogP contribution is 2.38. The average Bonchev–Trinajstić information content (AvgIpc) is 3.23. The van der Waals surface area contributed by atoms with Crippen LogP contribution in [0, 0.1) is 0 Å². The number of allylic oxidation sites excluding steroid dienone is 10. The van der Waals surface area contributed by atoms with Crippen LogP contribution < -0.4 is 4.89 Å². The molecule has 0 aliphatic rings. The van der Waals surface area contributed by atoms with Crippen molar-refractivity contribution in [2.75, 3.05) is 54.1 Å². The first-order valence-corrected chi connectivity index (χ1v) is 27.0. The second kappa shape index (κ2) is 45.8. The van der Waals surface area contributed by atoms with Crippen molar-refractivity contribution in [3.63, 3.8) is 0 Å². The third-order valence-corrected chi connectivity index (χ3v) is 11.8. The minimum atomic E-state index is -4.53. The molecule has 0 N–H and O–H groups in total. The first kappa shape index (κ1) is 60.2. The van der Waals surface area contributed by atoms with E-state index in [-0.39, 0.29) is 25.8 Å². The van der Waals surface area contributed by atoms with E-state index in [2.05, 4.69) is 74.6 Å². The van der Waals surface area contributed by atoms with Gasteiger partial charge in [0.05, 0.1) is 34.4 Å². The number of hydrogen-bond acceptors (Lipinski definition) is 7. The van der Waals surface area contributed by atoms with E-state index in [4.69, 9.17) is 18.5 Å². The van der Waals surface area contributed by atoms with Gasteiger partial charge in [-0.05, 0) is 57.8 Å². The number of unbranched alkanes of at least 4 members (excludes halogenated alkanes) is 23. The molecule has 0 bridgehead atoms. The fourth-order valence-corrected chi connectivity index (χ4v) is 7.66. The third kappa shape index (κ3) is 49.2. The van der Waals surface area contributed by atoms with E-state index < -0.39 is 13.9 Å². The number of phosphoric ester groups is 1. The number of quaternary nitrogens is 1. The van der Waals surface area contributed by atoms with E-state index in [1.807, 2.05) is 21.1 Å². The topological polar surface area (TPSA) is 94.1 Å². The van der Waals surface area contributed by atoms with Crippen LogP contribution in [0.3, 0.4) is 0 Å². The summed E-state index contributed by atoms with van der Waals surface area (Å²) in [4.78, 5) is 25.2. The minimum absolute atomic E-state index is 0.0227. The Morgan fingerprint density at radius 3 is 1.40 bits per heavy atom. The van der Waals surface area contributed by atoms with Crippen molar-refractivity contribution in [3.05, 3.63) is 60.8 Å². The molecule has 0 aromatic heterocycles. The number of likely N-dealkylation sites (N-methyl/N-ethyl adjacent to an activating group) is 1. The second-order valence-corrected chi connectivity index (χ2v) is 19.6. The molecule has 0 aromatic carbocycles. The Bertz CT molecular complexity index is 1170. The van der Waals surface area contributed by atoms with Crippen molar-refractivity contribution < 1.29 is 37.3 Å². The van der Waals surface area contributed by atoms with Gasteiger partial charge in [0, 0.05) is 13.0 Å². The fourth-order valence-electron chi connectivity index (χ4n) is 6.93. The van der Waals surface area contributed by atoms with Gasteiger partial charge in [-0.25, -0.2) is 0 Å². The first-order chi connectivity index (χ1) is 30.1. The lowest BCUT2D eigenvalue weighted by Crippen LogP contribution is -2.37. The predicted octanol–water partition coefficient (Wildman–Crippen LogP) is 15.0. The molecule has 0 spiro atoms. The molecule has 0 fully saturated rings. The summed E-state index contributed by atoms with van der Waals surface area (Å²) >= 11 is 0. The van der Waals surface area contributed by atoms with Crippen LogP contribution in [-0.4, -0.2) is 70.7 Å². The summed E-state index contributed by atoms with van der Waals surface area (Å²) in [5, 5.41) is 0. The number of carbonyl (C=O) groups is 1. The second-order valence-electron chi connectivity index (χ2n) is 18.2. The molecular weight excluding hydrogens is 794 g/mol. The molecule has 0 rings (SSSR count). The van der Waals surface area contributed by atoms with Crippen molar-refractivity contribution in [3.8, 4) is 0 Å². The molecular formula is C53H98NO7P. The van der Waals surface area contributed by atoms with Gasteiger partial charge in [0.15, 0.2) is 0 Å². The number of esters is 1. The zero-order valence-electron chi connectivity index (χ0n) is 41.1. The lowest BCUT2D eigenvalue weighted by atomic mass is 10.0. The van der Waals surface area contributed by atoms with Crippen LogP contribution in [-0.2, 0) is 27.9 Å². The van der Waals surface area contributed by atoms with Gasteiger partial charge in [0.1, 0.15) is 19.3 Å². The monoisotopic (exact) mass is 892 g/mol. The molecule has 0 aliphatic carbocycles. The van der Waals surface area contributed by atoms with Crippen molar-refractivity contribution in [1.29, 1.82) is 0 Å². The molecule has 9 heteroatoms. The standard InChI is InChI=1S/C53H98NO7P/c1-6-8-10-12-14-16-18-20-22-24-25-26-27-28-29-30-32-34-36-38-40-42-44-46-53(55)61-52(51-60-62(56,57)59-49-47-54(3,4)5)50-58-48-45-43-41-39-37-35-33-31-23-21-19-17-15-13-11-9-7-2/h8,10,14,16,20,22,25-26,28-29,52H,6-7,9,11-13,15,17-19,21,23-24,27,30-51H2,1-5H3/b10-8-,16-14-,22-20-,26-25-,29-28-. The maximum absolute atomic E-state index is 12.7. The van der Waals surface area contributed by atoms with Gasteiger partial charge >= 0.3 is 5.97 Å². The van der Waals surface area contributed by atoms with Crippen molar-refractivity contribution in [2.24, 2.45) is 0 Å². The summed E-state index contributed by atoms with van der Waals surface area (Å²) < 4.78 is 34.7. The molecule has 2 atom stereocenters. The molecule has 0 saturated heterocycles. The molecule has 362 valence electrons. The molecule has 8 nitrogen and oxygen atoms in total. The first-order valence-electron chi connectivity index (χ1n) is 25.5. The largest absolute Gasteiger partial charge is 0.756 e. The highest BCUT2D eigenvalue weighted by atomic mass is 31.2. The third-order valence-electron chi connectivity index (χ3n) is 10.8. The number of rotatable bonds is 47. The molecule has 2 unspecified atom stereocenters. The van der Waals surface area contributed by atoms with Crippen LogP contribution in [0.25, 0.3) is 0 Å².